The molecule has 1 saturated heterocycles. The smallest absolute Gasteiger partial charge is 0.296 e. The van der Waals surface area contributed by atoms with Crippen LogP contribution in [-0.2, 0) is 4.79 Å². The second kappa shape index (κ2) is 8.36. The van der Waals surface area contributed by atoms with Gasteiger partial charge in [0, 0.05) is 44.2 Å². The molecular weight excluding hydrogens is 250 g/mol. The summed E-state index contributed by atoms with van der Waals surface area (Å²) < 4.78 is 0. The summed E-state index contributed by atoms with van der Waals surface area (Å²) in [5.41, 5.74) is 0.864. The van der Waals surface area contributed by atoms with Crippen LogP contribution in [0.2, 0.25) is 0 Å². The molecule has 1 aliphatic rings. The van der Waals surface area contributed by atoms with Crippen LogP contribution in [0.4, 0.5) is 0 Å². The first-order valence-electron chi connectivity index (χ1n) is 7.12. The standard InChI is InChI=1S/C16H21N3O/c20-16(8-7-15-5-2-1-3-6-15)18-9-4-12-19-13-10-17-11-14-19/h1-3,5-6,17H,4,9-14H2,(H,18,20). The Morgan fingerprint density at radius 2 is 2.00 bits per heavy atom. The molecule has 20 heavy (non-hydrogen) atoms. The van der Waals surface area contributed by atoms with Gasteiger partial charge in [0.25, 0.3) is 5.91 Å². The highest BCUT2D eigenvalue weighted by molar-refractivity contribution is 5.94. The average Bonchev–Trinajstić information content (AvgIpc) is 2.52. The topological polar surface area (TPSA) is 44.4 Å². The lowest BCUT2D eigenvalue weighted by molar-refractivity contribution is -0.115. The Bertz CT molecular complexity index is 469. The Labute approximate surface area is 120 Å². The number of nitrogens with zero attached hydrogens (tertiary/aromatic N) is 1. The highest BCUT2D eigenvalue weighted by Gasteiger charge is 2.08. The summed E-state index contributed by atoms with van der Waals surface area (Å²) in [6.07, 6.45) is 0.971. The third-order valence-corrected chi connectivity index (χ3v) is 3.24. The maximum atomic E-state index is 11.6. The average molecular weight is 271 g/mol. The largest absolute Gasteiger partial charge is 0.345 e. The molecule has 0 atom stereocenters. The van der Waals surface area contributed by atoms with Gasteiger partial charge in [-0.25, -0.2) is 0 Å². The fraction of sp³-hybridized carbons (Fsp3) is 0.438. The van der Waals surface area contributed by atoms with Crippen LogP contribution >= 0.6 is 0 Å². The Morgan fingerprint density at radius 3 is 2.75 bits per heavy atom. The fourth-order valence-electron chi connectivity index (χ4n) is 2.13. The van der Waals surface area contributed by atoms with E-state index in [-0.39, 0.29) is 5.91 Å². The maximum Gasteiger partial charge on any atom is 0.296 e. The van der Waals surface area contributed by atoms with Crippen molar-refractivity contribution in [2.75, 3.05) is 39.3 Å². The van der Waals surface area contributed by atoms with E-state index in [1.807, 2.05) is 30.3 Å². The lowest BCUT2D eigenvalue weighted by Gasteiger charge is -2.26. The summed E-state index contributed by atoms with van der Waals surface area (Å²) >= 11 is 0. The van der Waals surface area contributed by atoms with Crippen molar-refractivity contribution in [1.82, 2.24) is 15.5 Å². The molecule has 4 heteroatoms. The van der Waals surface area contributed by atoms with E-state index >= 15 is 0 Å². The minimum atomic E-state index is -0.200. The van der Waals surface area contributed by atoms with Crippen molar-refractivity contribution in [2.24, 2.45) is 0 Å². The molecule has 106 valence electrons. The molecule has 0 radical (unpaired) electrons. The van der Waals surface area contributed by atoms with Crippen LogP contribution in [0.15, 0.2) is 30.3 Å². The van der Waals surface area contributed by atoms with Crippen molar-refractivity contribution >= 4 is 5.91 Å². The van der Waals surface area contributed by atoms with Crippen molar-refractivity contribution in [2.45, 2.75) is 6.42 Å². The third kappa shape index (κ3) is 5.43. The Morgan fingerprint density at radius 1 is 1.25 bits per heavy atom. The van der Waals surface area contributed by atoms with Gasteiger partial charge in [0.2, 0.25) is 0 Å². The predicted octanol–water partition coefficient (Wildman–Crippen LogP) is 0.450. The summed E-state index contributed by atoms with van der Waals surface area (Å²) in [6.45, 7) is 6.05. The van der Waals surface area contributed by atoms with Crippen LogP contribution < -0.4 is 10.6 Å². The van der Waals surface area contributed by atoms with Gasteiger partial charge in [-0.05, 0) is 25.1 Å². The summed E-state index contributed by atoms with van der Waals surface area (Å²) in [6, 6.07) is 9.54. The lowest BCUT2D eigenvalue weighted by Crippen LogP contribution is -2.44. The zero-order valence-electron chi connectivity index (χ0n) is 11.7. The normalized spacial score (nSPS) is 15.2. The van der Waals surface area contributed by atoms with Gasteiger partial charge >= 0.3 is 0 Å². The fourth-order valence-corrected chi connectivity index (χ4v) is 2.13. The van der Waals surface area contributed by atoms with E-state index < -0.39 is 0 Å². The van der Waals surface area contributed by atoms with E-state index in [0.717, 1.165) is 44.7 Å². The van der Waals surface area contributed by atoms with Crippen molar-refractivity contribution in [3.8, 4) is 11.8 Å². The van der Waals surface area contributed by atoms with E-state index in [1.54, 1.807) is 0 Å². The number of hydrogen-bond acceptors (Lipinski definition) is 3. The minimum Gasteiger partial charge on any atom is -0.345 e. The van der Waals surface area contributed by atoms with Crippen LogP contribution in [0.25, 0.3) is 0 Å². The number of amides is 1. The Hall–Kier alpha value is -1.83. The summed E-state index contributed by atoms with van der Waals surface area (Å²) in [5.74, 6) is 5.27. The van der Waals surface area contributed by atoms with Gasteiger partial charge < -0.3 is 15.5 Å². The zero-order chi connectivity index (χ0) is 14.0. The van der Waals surface area contributed by atoms with Gasteiger partial charge in [0.15, 0.2) is 0 Å². The number of benzene rings is 1. The zero-order valence-corrected chi connectivity index (χ0v) is 11.7. The quantitative estimate of drug-likeness (QED) is 0.617. The number of nitrogens with one attached hydrogen (secondary N) is 2. The van der Waals surface area contributed by atoms with Crippen molar-refractivity contribution in [3.05, 3.63) is 35.9 Å². The highest BCUT2D eigenvalue weighted by Crippen LogP contribution is 1.95. The summed E-state index contributed by atoms with van der Waals surface area (Å²) in [4.78, 5) is 14.0. The number of carbonyl (C=O) groups excluding carboxylic acids is 1. The molecule has 1 aromatic rings. The second-order valence-corrected chi connectivity index (χ2v) is 4.82. The van der Waals surface area contributed by atoms with Crippen molar-refractivity contribution in [1.29, 1.82) is 0 Å². The van der Waals surface area contributed by atoms with Crippen LogP contribution in [0.5, 0.6) is 0 Å². The number of piperazine rings is 1. The highest BCUT2D eigenvalue weighted by atomic mass is 16.1. The summed E-state index contributed by atoms with van der Waals surface area (Å²) in [7, 11) is 0. The van der Waals surface area contributed by atoms with E-state index in [2.05, 4.69) is 27.4 Å². The van der Waals surface area contributed by atoms with Crippen LogP contribution in [0.3, 0.4) is 0 Å². The van der Waals surface area contributed by atoms with Gasteiger partial charge in [-0.15, -0.1) is 0 Å². The molecule has 4 nitrogen and oxygen atoms in total. The second-order valence-electron chi connectivity index (χ2n) is 4.82. The SMILES string of the molecule is O=C(C#Cc1ccccc1)NCCCN1CCNCC1. The van der Waals surface area contributed by atoms with Gasteiger partial charge in [-0.2, -0.15) is 0 Å². The summed E-state index contributed by atoms with van der Waals surface area (Å²) in [5, 5.41) is 6.16. The molecule has 0 aromatic heterocycles. The monoisotopic (exact) mass is 271 g/mol. The molecule has 0 saturated carbocycles. The molecule has 0 aliphatic carbocycles. The van der Waals surface area contributed by atoms with E-state index in [0.29, 0.717) is 6.54 Å². The third-order valence-electron chi connectivity index (χ3n) is 3.24. The number of carbonyl (C=O) groups is 1. The molecule has 1 aliphatic heterocycles. The first-order chi connectivity index (χ1) is 9.84. The first-order valence-corrected chi connectivity index (χ1v) is 7.12. The minimum absolute atomic E-state index is 0.200. The molecule has 2 N–H and O–H groups in total. The molecule has 1 aromatic carbocycles. The van der Waals surface area contributed by atoms with Crippen molar-refractivity contribution in [3.63, 3.8) is 0 Å². The van der Waals surface area contributed by atoms with Crippen LogP contribution in [0, 0.1) is 11.8 Å². The van der Waals surface area contributed by atoms with Crippen molar-refractivity contribution < 1.29 is 4.79 Å². The van der Waals surface area contributed by atoms with E-state index in [1.165, 1.54) is 0 Å². The number of rotatable bonds is 4. The van der Waals surface area contributed by atoms with Crippen LogP contribution in [-0.4, -0.2) is 50.1 Å². The van der Waals surface area contributed by atoms with Gasteiger partial charge in [-0.3, -0.25) is 4.79 Å². The molecule has 0 spiro atoms. The molecule has 0 bridgehead atoms. The molecule has 1 amide bonds. The predicted molar refractivity (Wildman–Crippen MR) is 80.3 cm³/mol. The Kier molecular flexibility index (Phi) is 6.09. The van der Waals surface area contributed by atoms with Crippen LogP contribution in [0.1, 0.15) is 12.0 Å². The molecular formula is C16H21N3O. The molecule has 2 rings (SSSR count). The van der Waals surface area contributed by atoms with Gasteiger partial charge in [0.05, 0.1) is 0 Å². The Balaban J connectivity index is 1.62. The first kappa shape index (κ1) is 14.6. The molecule has 1 fully saturated rings. The number of hydrogen-bond donors (Lipinski definition) is 2. The maximum absolute atomic E-state index is 11.6. The lowest BCUT2D eigenvalue weighted by atomic mass is 10.2. The molecule has 0 unspecified atom stereocenters. The van der Waals surface area contributed by atoms with E-state index in [4.69, 9.17) is 0 Å². The van der Waals surface area contributed by atoms with Gasteiger partial charge in [0.1, 0.15) is 0 Å². The molecule has 1 heterocycles. The van der Waals surface area contributed by atoms with E-state index in [9.17, 15) is 4.79 Å². The van der Waals surface area contributed by atoms with Gasteiger partial charge in [-0.1, -0.05) is 24.1 Å².